The van der Waals surface area contributed by atoms with Gasteiger partial charge in [0.1, 0.15) is 11.9 Å². The molecule has 2 aromatic heterocycles. The zero-order chi connectivity index (χ0) is 19.1. The molecule has 0 aliphatic carbocycles. The zero-order valence-electron chi connectivity index (χ0n) is 15.6. The number of aromatic amines is 2. The van der Waals surface area contributed by atoms with Crippen LogP contribution < -0.4 is 0 Å². The van der Waals surface area contributed by atoms with Gasteiger partial charge in [0, 0.05) is 35.9 Å². The van der Waals surface area contributed by atoms with Crippen molar-refractivity contribution in [2.75, 3.05) is 13.1 Å². The van der Waals surface area contributed by atoms with E-state index in [2.05, 4.69) is 44.3 Å². The standard InChI is InChI=1S/C22H23FN4O/c23-17-5-7-27(8-6-17)12-14-2-4-19-16(9-14)11-21(24-19)22-18-3-1-15(13-28)10-20(18)25-26-22/h1-4,9-11,17,24,28H,5-8,12-13H2,(H,25,26). The summed E-state index contributed by atoms with van der Waals surface area (Å²) < 4.78 is 13.3. The lowest BCUT2D eigenvalue weighted by Gasteiger charge is -2.28. The van der Waals surface area contributed by atoms with E-state index in [1.165, 1.54) is 5.56 Å². The molecular formula is C22H23FN4O. The number of H-pyrrole nitrogens is 2. The fraction of sp³-hybridized carbons (Fsp3) is 0.318. The van der Waals surface area contributed by atoms with Gasteiger partial charge in [0.2, 0.25) is 0 Å². The van der Waals surface area contributed by atoms with Crippen LogP contribution in [0.4, 0.5) is 4.39 Å². The number of likely N-dealkylation sites (tertiary alicyclic amines) is 1. The maximum atomic E-state index is 13.3. The largest absolute Gasteiger partial charge is 0.392 e. The summed E-state index contributed by atoms with van der Waals surface area (Å²) in [5.74, 6) is 0. The predicted octanol–water partition coefficient (Wildman–Crippen LogP) is 4.14. The number of benzene rings is 2. The quantitative estimate of drug-likeness (QED) is 0.500. The summed E-state index contributed by atoms with van der Waals surface area (Å²) in [7, 11) is 0. The highest BCUT2D eigenvalue weighted by Gasteiger charge is 2.18. The normalized spacial score (nSPS) is 16.4. The molecule has 0 radical (unpaired) electrons. The van der Waals surface area contributed by atoms with Crippen LogP contribution >= 0.6 is 0 Å². The maximum Gasteiger partial charge on any atom is 0.116 e. The van der Waals surface area contributed by atoms with Crippen molar-refractivity contribution in [3.05, 3.63) is 53.6 Å². The molecular weight excluding hydrogens is 355 g/mol. The van der Waals surface area contributed by atoms with E-state index >= 15 is 0 Å². The Kier molecular flexibility index (Phi) is 4.37. The number of hydrogen-bond donors (Lipinski definition) is 3. The van der Waals surface area contributed by atoms with Crippen LogP contribution in [0.3, 0.4) is 0 Å². The van der Waals surface area contributed by atoms with Crippen molar-refractivity contribution in [2.45, 2.75) is 32.2 Å². The molecule has 1 aliphatic heterocycles. The van der Waals surface area contributed by atoms with Gasteiger partial charge in [0.05, 0.1) is 17.8 Å². The topological polar surface area (TPSA) is 67.9 Å². The molecule has 0 saturated carbocycles. The van der Waals surface area contributed by atoms with E-state index in [4.69, 9.17) is 0 Å². The third-order valence-electron chi connectivity index (χ3n) is 5.67. The summed E-state index contributed by atoms with van der Waals surface area (Å²) in [6.07, 6.45) is 0.643. The Bertz CT molecular complexity index is 1120. The van der Waals surface area contributed by atoms with Crippen molar-refractivity contribution >= 4 is 21.8 Å². The summed E-state index contributed by atoms with van der Waals surface area (Å²) in [4.78, 5) is 5.78. The Balaban J connectivity index is 1.44. The first kappa shape index (κ1) is 17.4. The second-order valence-electron chi connectivity index (χ2n) is 7.67. The van der Waals surface area contributed by atoms with Crippen LogP contribution in [0.15, 0.2) is 42.5 Å². The highest BCUT2D eigenvalue weighted by Crippen LogP contribution is 2.30. The van der Waals surface area contributed by atoms with Crippen LogP contribution in [0.2, 0.25) is 0 Å². The van der Waals surface area contributed by atoms with Crippen LogP contribution in [0, 0.1) is 0 Å². The first-order chi connectivity index (χ1) is 13.7. The number of aromatic nitrogens is 3. The lowest BCUT2D eigenvalue weighted by Crippen LogP contribution is -2.33. The smallest absolute Gasteiger partial charge is 0.116 e. The van der Waals surface area contributed by atoms with Crippen molar-refractivity contribution in [1.82, 2.24) is 20.1 Å². The molecule has 1 aliphatic rings. The molecule has 6 heteroatoms. The second-order valence-corrected chi connectivity index (χ2v) is 7.67. The summed E-state index contributed by atoms with van der Waals surface area (Å²) in [6.45, 7) is 2.53. The maximum absolute atomic E-state index is 13.3. The third-order valence-corrected chi connectivity index (χ3v) is 5.67. The number of aliphatic hydroxyl groups excluding tert-OH is 1. The van der Waals surface area contributed by atoms with E-state index in [9.17, 15) is 9.50 Å². The highest BCUT2D eigenvalue weighted by atomic mass is 19.1. The van der Waals surface area contributed by atoms with Crippen molar-refractivity contribution in [1.29, 1.82) is 0 Å². The molecule has 5 nitrogen and oxygen atoms in total. The summed E-state index contributed by atoms with van der Waals surface area (Å²) in [6, 6.07) is 14.4. The van der Waals surface area contributed by atoms with Gasteiger partial charge < -0.3 is 10.1 Å². The van der Waals surface area contributed by atoms with Gasteiger partial charge in [-0.1, -0.05) is 18.2 Å². The second kappa shape index (κ2) is 7.04. The van der Waals surface area contributed by atoms with Crippen LogP contribution in [-0.4, -0.2) is 44.4 Å². The van der Waals surface area contributed by atoms with Crippen molar-refractivity contribution in [2.24, 2.45) is 0 Å². The predicted molar refractivity (Wildman–Crippen MR) is 109 cm³/mol. The minimum Gasteiger partial charge on any atom is -0.392 e. The van der Waals surface area contributed by atoms with E-state index in [0.29, 0.717) is 12.8 Å². The van der Waals surface area contributed by atoms with Gasteiger partial charge in [-0.25, -0.2) is 4.39 Å². The Morgan fingerprint density at radius 2 is 1.86 bits per heavy atom. The average Bonchev–Trinajstić information content (AvgIpc) is 3.32. The lowest BCUT2D eigenvalue weighted by atomic mass is 10.1. The molecule has 0 bridgehead atoms. The van der Waals surface area contributed by atoms with Crippen LogP contribution in [0.1, 0.15) is 24.0 Å². The van der Waals surface area contributed by atoms with E-state index < -0.39 is 6.17 Å². The molecule has 5 rings (SSSR count). The number of piperidine rings is 1. The van der Waals surface area contributed by atoms with Gasteiger partial charge in [-0.15, -0.1) is 0 Å². The summed E-state index contributed by atoms with van der Waals surface area (Å²) in [5, 5.41) is 19.0. The number of fused-ring (bicyclic) bond motifs is 2. The molecule has 0 amide bonds. The summed E-state index contributed by atoms with van der Waals surface area (Å²) in [5.41, 5.74) is 5.94. The Morgan fingerprint density at radius 1 is 1.04 bits per heavy atom. The van der Waals surface area contributed by atoms with E-state index in [1.807, 2.05) is 18.2 Å². The Labute approximate surface area is 162 Å². The van der Waals surface area contributed by atoms with Crippen LogP contribution in [-0.2, 0) is 13.2 Å². The van der Waals surface area contributed by atoms with Gasteiger partial charge in [0.25, 0.3) is 0 Å². The number of halogens is 1. The molecule has 3 N–H and O–H groups in total. The van der Waals surface area contributed by atoms with Crippen LogP contribution in [0.5, 0.6) is 0 Å². The zero-order valence-corrected chi connectivity index (χ0v) is 15.6. The number of hydrogen-bond acceptors (Lipinski definition) is 3. The molecule has 2 aromatic carbocycles. The fourth-order valence-electron chi connectivity index (χ4n) is 4.10. The van der Waals surface area contributed by atoms with Gasteiger partial charge in [-0.05, 0) is 48.2 Å². The number of rotatable bonds is 4. The fourth-order valence-corrected chi connectivity index (χ4v) is 4.10. The molecule has 1 fully saturated rings. The molecule has 4 aromatic rings. The van der Waals surface area contributed by atoms with Gasteiger partial charge in [-0.2, -0.15) is 5.10 Å². The highest BCUT2D eigenvalue weighted by molar-refractivity contribution is 5.96. The molecule has 0 atom stereocenters. The SMILES string of the molecule is OCc1ccc2c(-c3cc4cc(CN5CCC(F)CC5)ccc4[nH]3)n[nH]c2c1. The molecule has 28 heavy (non-hydrogen) atoms. The van der Waals surface area contributed by atoms with Gasteiger partial charge in [-0.3, -0.25) is 10.00 Å². The van der Waals surface area contributed by atoms with Crippen LogP contribution in [0.25, 0.3) is 33.2 Å². The first-order valence-electron chi connectivity index (χ1n) is 9.76. The van der Waals surface area contributed by atoms with Gasteiger partial charge in [0.15, 0.2) is 0 Å². The number of nitrogens with one attached hydrogen (secondary N) is 2. The molecule has 0 spiro atoms. The minimum atomic E-state index is -0.636. The molecule has 0 unspecified atom stereocenters. The number of alkyl halides is 1. The summed E-state index contributed by atoms with van der Waals surface area (Å²) >= 11 is 0. The van der Waals surface area contributed by atoms with Crippen molar-refractivity contribution < 1.29 is 9.50 Å². The van der Waals surface area contributed by atoms with Gasteiger partial charge >= 0.3 is 0 Å². The minimum absolute atomic E-state index is 0.0163. The van der Waals surface area contributed by atoms with Crippen molar-refractivity contribution in [3.8, 4) is 11.4 Å². The third kappa shape index (κ3) is 3.19. The monoisotopic (exact) mass is 378 g/mol. The molecule has 3 heterocycles. The molecule has 144 valence electrons. The average molecular weight is 378 g/mol. The number of nitrogens with zero attached hydrogens (tertiary/aromatic N) is 2. The van der Waals surface area contributed by atoms with Crippen molar-refractivity contribution in [3.63, 3.8) is 0 Å². The Hall–Kier alpha value is -2.70. The molecule has 1 saturated heterocycles. The van der Waals surface area contributed by atoms with E-state index in [0.717, 1.165) is 58.4 Å². The lowest BCUT2D eigenvalue weighted by molar-refractivity contribution is 0.145. The Morgan fingerprint density at radius 3 is 2.68 bits per heavy atom. The van der Waals surface area contributed by atoms with E-state index in [1.54, 1.807) is 0 Å². The van der Waals surface area contributed by atoms with E-state index in [-0.39, 0.29) is 6.61 Å². The number of aliphatic hydroxyl groups is 1. The first-order valence-corrected chi connectivity index (χ1v) is 9.76.